The van der Waals surface area contributed by atoms with Gasteiger partial charge >= 0.3 is 0 Å². The average molecular weight is 480 g/mol. The third kappa shape index (κ3) is 6.27. The van der Waals surface area contributed by atoms with Gasteiger partial charge in [-0.2, -0.15) is 20.1 Å². The third-order valence-corrected chi connectivity index (χ3v) is 5.28. The zero-order valence-corrected chi connectivity index (χ0v) is 20.0. The summed E-state index contributed by atoms with van der Waals surface area (Å²) in [6, 6.07) is 13.6. The molecule has 3 aromatic rings. The maximum absolute atomic E-state index is 5.46. The highest BCUT2D eigenvalue weighted by Gasteiger charge is 2.17. The van der Waals surface area contributed by atoms with Crippen LogP contribution >= 0.6 is 0 Å². The lowest BCUT2D eigenvalue weighted by atomic mass is 10.2. The minimum atomic E-state index is 0.320. The molecule has 1 saturated heterocycles. The monoisotopic (exact) mass is 479 g/mol. The second-order valence-corrected chi connectivity index (χ2v) is 7.55. The van der Waals surface area contributed by atoms with Gasteiger partial charge in [0.15, 0.2) is 11.5 Å². The highest BCUT2D eigenvalue weighted by Crippen LogP contribution is 2.37. The van der Waals surface area contributed by atoms with Crippen LogP contribution in [0.25, 0.3) is 0 Å². The molecule has 1 aromatic heterocycles. The maximum Gasteiger partial charge on any atom is 0.250 e. The highest BCUT2D eigenvalue weighted by molar-refractivity contribution is 5.82. The first kappa shape index (κ1) is 24.0. The van der Waals surface area contributed by atoms with E-state index < -0.39 is 0 Å². The minimum Gasteiger partial charge on any atom is -0.493 e. The van der Waals surface area contributed by atoms with Gasteiger partial charge in [-0.15, -0.1) is 0 Å². The number of hydrogen-bond donors (Lipinski definition) is 2. The fourth-order valence-electron chi connectivity index (χ4n) is 3.52. The second-order valence-electron chi connectivity index (χ2n) is 7.55. The second kappa shape index (κ2) is 11.8. The van der Waals surface area contributed by atoms with Crippen LogP contribution in [0.2, 0.25) is 0 Å². The molecular weight excluding hydrogens is 450 g/mol. The van der Waals surface area contributed by atoms with E-state index in [1.807, 2.05) is 30.3 Å². The molecule has 35 heavy (non-hydrogen) atoms. The molecule has 0 radical (unpaired) electrons. The molecular formula is C24H29N7O4. The van der Waals surface area contributed by atoms with E-state index in [1.54, 1.807) is 39.7 Å². The summed E-state index contributed by atoms with van der Waals surface area (Å²) in [6.45, 7) is 3.25. The summed E-state index contributed by atoms with van der Waals surface area (Å²) in [7, 11) is 4.70. The Labute approximate surface area is 204 Å². The number of morpholine rings is 1. The summed E-state index contributed by atoms with van der Waals surface area (Å²) in [4.78, 5) is 15.7. The fourth-order valence-corrected chi connectivity index (χ4v) is 3.52. The van der Waals surface area contributed by atoms with Crippen molar-refractivity contribution in [3.05, 3.63) is 53.6 Å². The lowest BCUT2D eigenvalue weighted by molar-refractivity contribution is 0.122. The Bertz CT molecular complexity index is 1110. The number of hydrogen-bond acceptors (Lipinski definition) is 11. The number of nitrogens with zero attached hydrogens (tertiary/aromatic N) is 5. The normalized spacial score (nSPS) is 13.5. The van der Waals surface area contributed by atoms with Crippen LogP contribution in [0.1, 0.15) is 11.1 Å². The van der Waals surface area contributed by atoms with Crippen molar-refractivity contribution in [1.29, 1.82) is 0 Å². The van der Waals surface area contributed by atoms with E-state index in [9.17, 15) is 0 Å². The van der Waals surface area contributed by atoms with Gasteiger partial charge in [-0.25, -0.2) is 5.43 Å². The molecule has 1 aliphatic rings. The number of anilines is 3. The molecule has 2 heterocycles. The largest absolute Gasteiger partial charge is 0.493 e. The molecule has 0 spiro atoms. The summed E-state index contributed by atoms with van der Waals surface area (Å²) in [5, 5.41) is 7.59. The first-order valence-electron chi connectivity index (χ1n) is 11.2. The smallest absolute Gasteiger partial charge is 0.250 e. The van der Waals surface area contributed by atoms with E-state index in [0.717, 1.165) is 11.1 Å². The molecule has 0 aliphatic carbocycles. The molecule has 1 aliphatic heterocycles. The zero-order chi connectivity index (χ0) is 24.5. The van der Waals surface area contributed by atoms with E-state index in [4.69, 9.17) is 18.9 Å². The van der Waals surface area contributed by atoms with Crippen molar-refractivity contribution >= 4 is 24.1 Å². The van der Waals surface area contributed by atoms with Crippen LogP contribution < -0.4 is 29.9 Å². The predicted octanol–water partition coefficient (Wildman–Crippen LogP) is 2.79. The maximum atomic E-state index is 5.46. The molecule has 4 rings (SSSR count). The lowest BCUT2D eigenvalue weighted by Crippen LogP contribution is -2.37. The summed E-state index contributed by atoms with van der Waals surface area (Å²) >= 11 is 0. The highest BCUT2D eigenvalue weighted by atomic mass is 16.5. The van der Waals surface area contributed by atoms with E-state index in [2.05, 4.69) is 35.7 Å². The van der Waals surface area contributed by atoms with Crippen LogP contribution in [0.3, 0.4) is 0 Å². The molecule has 1 fully saturated rings. The Hall–Kier alpha value is -4.12. The van der Waals surface area contributed by atoms with Crippen LogP contribution in [0.5, 0.6) is 17.2 Å². The molecule has 2 N–H and O–H groups in total. The molecule has 11 heteroatoms. The van der Waals surface area contributed by atoms with Gasteiger partial charge in [0.2, 0.25) is 23.6 Å². The molecule has 2 aromatic carbocycles. The van der Waals surface area contributed by atoms with Crippen LogP contribution in [-0.2, 0) is 11.3 Å². The lowest BCUT2D eigenvalue weighted by Gasteiger charge is -2.27. The van der Waals surface area contributed by atoms with Gasteiger partial charge in [-0.05, 0) is 17.7 Å². The number of benzene rings is 2. The Morgan fingerprint density at radius 3 is 2.29 bits per heavy atom. The van der Waals surface area contributed by atoms with Gasteiger partial charge in [0.05, 0.1) is 40.8 Å². The van der Waals surface area contributed by atoms with Crippen LogP contribution in [0.15, 0.2) is 47.6 Å². The van der Waals surface area contributed by atoms with Gasteiger partial charge in [-0.3, -0.25) is 0 Å². The molecule has 11 nitrogen and oxygen atoms in total. The summed E-state index contributed by atoms with van der Waals surface area (Å²) < 4.78 is 21.6. The molecule has 0 amide bonds. The topological polar surface area (TPSA) is 115 Å². The number of hydrazone groups is 1. The van der Waals surface area contributed by atoms with Crippen molar-refractivity contribution in [2.24, 2.45) is 5.10 Å². The summed E-state index contributed by atoms with van der Waals surface area (Å²) in [6.07, 6.45) is 1.62. The van der Waals surface area contributed by atoms with E-state index in [0.29, 0.717) is 67.9 Å². The average Bonchev–Trinajstić information content (AvgIpc) is 2.92. The van der Waals surface area contributed by atoms with Gasteiger partial charge in [0.25, 0.3) is 0 Å². The summed E-state index contributed by atoms with van der Waals surface area (Å²) in [5.41, 5.74) is 4.78. The van der Waals surface area contributed by atoms with E-state index in [-0.39, 0.29) is 0 Å². The van der Waals surface area contributed by atoms with Crippen LogP contribution in [0, 0.1) is 0 Å². The van der Waals surface area contributed by atoms with Gasteiger partial charge < -0.3 is 29.2 Å². The molecule has 0 saturated carbocycles. The standard InChI is InChI=1S/C24H29N7O4/c1-32-19-13-18(14-20(33-2)21(19)34-3)16-26-30-23-27-22(25-15-17-7-5-4-6-8-17)28-24(29-23)31-9-11-35-12-10-31/h4-8,13-14,16H,9-12,15H2,1-3H3,(H2,25,27,28,29,30)/b26-16+. The number of methoxy groups -OCH3 is 3. The van der Waals surface area contributed by atoms with Crippen molar-refractivity contribution in [3.63, 3.8) is 0 Å². The van der Waals surface area contributed by atoms with Crippen LogP contribution in [0.4, 0.5) is 17.8 Å². The quantitative estimate of drug-likeness (QED) is 0.332. The first-order valence-corrected chi connectivity index (χ1v) is 11.2. The minimum absolute atomic E-state index is 0.320. The van der Waals surface area contributed by atoms with Gasteiger partial charge in [0.1, 0.15) is 0 Å². The van der Waals surface area contributed by atoms with Crippen molar-refractivity contribution in [2.75, 3.05) is 63.3 Å². The fraction of sp³-hybridized carbons (Fsp3) is 0.333. The number of ether oxygens (including phenoxy) is 4. The van der Waals surface area contributed by atoms with E-state index >= 15 is 0 Å². The Balaban J connectivity index is 1.54. The Morgan fingerprint density at radius 1 is 0.943 bits per heavy atom. The zero-order valence-electron chi connectivity index (χ0n) is 20.0. The van der Waals surface area contributed by atoms with E-state index in [1.165, 1.54) is 0 Å². The summed E-state index contributed by atoms with van der Waals surface area (Å²) in [5.74, 6) is 2.92. The van der Waals surface area contributed by atoms with Crippen molar-refractivity contribution < 1.29 is 18.9 Å². The van der Waals surface area contributed by atoms with Crippen molar-refractivity contribution in [2.45, 2.75) is 6.54 Å². The Kier molecular flexibility index (Phi) is 8.12. The molecule has 0 atom stereocenters. The molecule has 0 unspecified atom stereocenters. The number of rotatable bonds is 10. The SMILES string of the molecule is COc1cc(/C=N/Nc2nc(NCc3ccccc3)nc(N3CCOCC3)n2)cc(OC)c1OC. The van der Waals surface area contributed by atoms with Crippen LogP contribution in [-0.4, -0.2) is 68.8 Å². The first-order chi connectivity index (χ1) is 17.2. The number of aromatic nitrogens is 3. The third-order valence-electron chi connectivity index (χ3n) is 5.28. The van der Waals surface area contributed by atoms with Gasteiger partial charge in [0, 0.05) is 25.2 Å². The molecule has 0 bridgehead atoms. The van der Waals surface area contributed by atoms with Gasteiger partial charge in [-0.1, -0.05) is 30.3 Å². The Morgan fingerprint density at radius 2 is 1.63 bits per heavy atom. The molecule has 184 valence electrons. The predicted molar refractivity (Wildman–Crippen MR) is 134 cm³/mol. The number of nitrogens with one attached hydrogen (secondary N) is 2. The van der Waals surface area contributed by atoms with Crippen molar-refractivity contribution in [1.82, 2.24) is 15.0 Å². The van der Waals surface area contributed by atoms with Crippen molar-refractivity contribution in [3.8, 4) is 17.2 Å².